The van der Waals surface area contributed by atoms with Crippen LogP contribution in [0.15, 0.2) is 24.5 Å². The molecule has 0 spiro atoms. The molecule has 26 heavy (non-hydrogen) atoms. The van der Waals surface area contributed by atoms with Crippen molar-refractivity contribution in [2.75, 3.05) is 32.8 Å². The molecule has 0 saturated carbocycles. The van der Waals surface area contributed by atoms with E-state index in [0.29, 0.717) is 0 Å². The monoisotopic (exact) mass is 581 g/mol. The summed E-state index contributed by atoms with van der Waals surface area (Å²) in [7, 11) is 7.09. The van der Waals surface area contributed by atoms with E-state index in [2.05, 4.69) is 71.0 Å². The van der Waals surface area contributed by atoms with E-state index in [0.717, 1.165) is 19.0 Å². The van der Waals surface area contributed by atoms with Gasteiger partial charge in [0, 0.05) is 33.1 Å². The first-order chi connectivity index (χ1) is 12.4. The second-order valence-electron chi connectivity index (χ2n) is 6.20. The van der Waals surface area contributed by atoms with Crippen LogP contribution in [0.2, 0.25) is 6.04 Å². The van der Waals surface area contributed by atoms with Gasteiger partial charge in [-0.15, -0.1) is 0 Å². The molecule has 1 aromatic rings. The molecule has 0 aromatic heterocycles. The Morgan fingerprint density at radius 1 is 1.00 bits per heavy atom. The van der Waals surface area contributed by atoms with Crippen molar-refractivity contribution in [1.82, 2.24) is 4.90 Å². The Morgan fingerprint density at radius 3 is 2.04 bits per heavy atom. The van der Waals surface area contributed by atoms with Gasteiger partial charge in [-0.1, -0.05) is 17.7 Å². The first-order valence-corrected chi connectivity index (χ1v) is 13.0. The molecule has 0 saturated heterocycles. The number of nitrogens with zero attached hydrogens (tertiary/aromatic N) is 2. The predicted octanol–water partition coefficient (Wildman–Crippen LogP) is 4.28. The molecule has 0 bridgehead atoms. The molecule has 2 rings (SSSR count). The van der Waals surface area contributed by atoms with Gasteiger partial charge in [-0.25, -0.2) is 0 Å². The van der Waals surface area contributed by atoms with Gasteiger partial charge in [0.05, 0.1) is 0 Å². The number of aryl methyl sites for hydroxylation is 3. The third-order valence-corrected chi connectivity index (χ3v) is 7.25. The van der Waals surface area contributed by atoms with E-state index < -0.39 is 8.80 Å². The molecule has 0 unspecified atom stereocenters. The maximum absolute atomic E-state index is 5.47. The SMILES string of the molecule is CO[Si](CCCN1C=CN(c2c(C)cc(C)cc2C)[CH-]1)(OC)OC.[Cl][Au]. The molecule has 1 heterocycles. The molecule has 0 amide bonds. The number of rotatable bonds is 8. The van der Waals surface area contributed by atoms with E-state index in [1.165, 1.54) is 22.4 Å². The summed E-state index contributed by atoms with van der Waals surface area (Å²) in [5.41, 5.74) is 5.14. The Bertz CT molecular complexity index is 569. The molecule has 5 nitrogen and oxygen atoms in total. The quantitative estimate of drug-likeness (QED) is 0.338. The van der Waals surface area contributed by atoms with Gasteiger partial charge in [-0.05, 0) is 57.3 Å². The molecule has 0 fully saturated rings. The first kappa shape index (κ1) is 23.7. The van der Waals surface area contributed by atoms with E-state index in [9.17, 15) is 0 Å². The third kappa shape index (κ3) is 6.11. The van der Waals surface area contributed by atoms with Crippen LogP contribution in [0.3, 0.4) is 0 Å². The fraction of sp³-hybridized carbons (Fsp3) is 0.500. The van der Waals surface area contributed by atoms with Crippen molar-refractivity contribution in [1.29, 1.82) is 0 Å². The number of hydrogen-bond donors (Lipinski definition) is 0. The fourth-order valence-electron chi connectivity index (χ4n) is 3.27. The van der Waals surface area contributed by atoms with Crippen LogP contribution in [0.5, 0.6) is 0 Å². The zero-order valence-electron chi connectivity index (χ0n) is 16.3. The van der Waals surface area contributed by atoms with E-state index in [4.69, 9.17) is 13.3 Å². The van der Waals surface area contributed by atoms with Gasteiger partial charge in [0.15, 0.2) is 0 Å². The molecule has 0 N–H and O–H groups in total. The number of anilines is 1. The van der Waals surface area contributed by atoms with Crippen LogP contribution in [0.4, 0.5) is 5.69 Å². The number of halogens is 1. The van der Waals surface area contributed by atoms with Gasteiger partial charge in [-0.3, -0.25) is 0 Å². The van der Waals surface area contributed by atoms with Gasteiger partial charge < -0.3 is 23.1 Å². The summed E-state index contributed by atoms with van der Waals surface area (Å²) >= 11 is 1.75. The van der Waals surface area contributed by atoms with E-state index in [1.807, 2.05) is 0 Å². The zero-order valence-corrected chi connectivity index (χ0v) is 20.2. The van der Waals surface area contributed by atoms with Crippen molar-refractivity contribution in [3.63, 3.8) is 0 Å². The molecular formula is C18H29AuClN2O3Si-. The maximum atomic E-state index is 5.47. The van der Waals surface area contributed by atoms with E-state index >= 15 is 0 Å². The molecule has 1 aromatic carbocycles. The van der Waals surface area contributed by atoms with Crippen molar-refractivity contribution < 1.29 is 33.3 Å². The van der Waals surface area contributed by atoms with Crippen molar-refractivity contribution in [2.24, 2.45) is 0 Å². The van der Waals surface area contributed by atoms with Crippen LogP contribution in [0, 0.1) is 27.4 Å². The van der Waals surface area contributed by atoms with Crippen LogP contribution in [-0.4, -0.2) is 41.6 Å². The normalized spacial score (nSPS) is 13.9. The van der Waals surface area contributed by atoms with Crippen molar-refractivity contribution in [3.8, 4) is 0 Å². The second kappa shape index (κ2) is 11.5. The van der Waals surface area contributed by atoms with E-state index in [1.54, 1.807) is 41.3 Å². The van der Waals surface area contributed by atoms with Crippen LogP contribution in [0.25, 0.3) is 0 Å². The Labute approximate surface area is 175 Å². The van der Waals surface area contributed by atoms with Crippen LogP contribution >= 0.6 is 9.19 Å². The molecule has 8 heteroatoms. The van der Waals surface area contributed by atoms with Gasteiger partial charge in [0.25, 0.3) is 0 Å². The molecular weight excluding hydrogens is 553 g/mol. The topological polar surface area (TPSA) is 34.2 Å². The molecule has 1 aliphatic rings. The average Bonchev–Trinajstić information content (AvgIpc) is 3.08. The Hall–Kier alpha value is -0.313. The molecule has 0 radical (unpaired) electrons. The van der Waals surface area contributed by atoms with Crippen LogP contribution in [0.1, 0.15) is 23.1 Å². The summed E-state index contributed by atoms with van der Waals surface area (Å²) in [4.78, 5) is 4.39. The van der Waals surface area contributed by atoms with Crippen molar-refractivity contribution in [2.45, 2.75) is 33.2 Å². The van der Waals surface area contributed by atoms with Gasteiger partial charge in [-0.2, -0.15) is 6.67 Å². The summed E-state index contributed by atoms with van der Waals surface area (Å²) in [6.45, 7) is 9.50. The number of benzene rings is 1. The Kier molecular flexibility index (Phi) is 10.5. The summed E-state index contributed by atoms with van der Waals surface area (Å²) in [6, 6.07) is 5.25. The summed E-state index contributed by atoms with van der Waals surface area (Å²) in [5.74, 6) is 0. The summed E-state index contributed by atoms with van der Waals surface area (Å²) in [5, 5.41) is 0. The Morgan fingerprint density at radius 2 is 1.54 bits per heavy atom. The minimum absolute atomic E-state index is 0.803. The van der Waals surface area contributed by atoms with Crippen molar-refractivity contribution >= 4 is 23.7 Å². The third-order valence-electron chi connectivity index (χ3n) is 4.42. The van der Waals surface area contributed by atoms with Crippen molar-refractivity contribution in [3.05, 3.63) is 47.9 Å². The van der Waals surface area contributed by atoms with Crippen LogP contribution in [-0.2, 0) is 33.3 Å². The summed E-state index contributed by atoms with van der Waals surface area (Å²) < 4.78 is 16.4. The first-order valence-electron chi connectivity index (χ1n) is 8.37. The fourth-order valence-corrected chi connectivity index (χ4v) is 4.98. The van der Waals surface area contributed by atoms with Gasteiger partial charge >= 0.3 is 38.0 Å². The second-order valence-corrected chi connectivity index (χ2v) is 9.30. The molecule has 1 aliphatic heterocycles. The number of hydrogen-bond acceptors (Lipinski definition) is 5. The standard InChI is InChI=1S/C18H29N2O3Si.Au.ClH/c1-15-12-16(2)18(17(3)13-15)20-10-9-19(14-20)8-7-11-24(21-4,22-5)23-6;;/h9-10,12-14H,7-8,11H2,1-6H3;;1H/q-1;+1;/p-1. The molecule has 0 atom stereocenters. The van der Waals surface area contributed by atoms with Gasteiger partial charge in [0.2, 0.25) is 0 Å². The zero-order chi connectivity index (χ0) is 19.7. The van der Waals surface area contributed by atoms with E-state index in [-0.39, 0.29) is 0 Å². The predicted molar refractivity (Wildman–Crippen MR) is 105 cm³/mol. The average molecular weight is 582 g/mol. The Balaban J connectivity index is 0.00000163. The van der Waals surface area contributed by atoms with Crippen LogP contribution < -0.4 is 4.90 Å². The minimum atomic E-state index is -2.47. The summed E-state index contributed by atoms with van der Waals surface area (Å²) in [6.07, 6.45) is 5.16. The van der Waals surface area contributed by atoms with Gasteiger partial charge in [0.1, 0.15) is 0 Å². The molecule has 0 aliphatic carbocycles. The molecule has 152 valence electrons.